The van der Waals surface area contributed by atoms with Crippen molar-refractivity contribution < 1.29 is 9.26 Å². The standard InChI is InChI=1S/C31H30N4O4/c1-5-28-27(30(36)35(20(4)32-28)23-14-16-24(17-15-23)38-19(2)3)18-21-10-12-22(13-11-21)25-8-6-7-9-26(25)29-33-31(37)39-34-29/h6-17,19H,5,18H2,1-4H3,(H,33,34,37). The Morgan fingerprint density at radius 1 is 0.949 bits per heavy atom. The number of aromatic amines is 1. The van der Waals surface area contributed by atoms with Crippen LogP contribution in [0.2, 0.25) is 0 Å². The monoisotopic (exact) mass is 522 g/mol. The Labute approximate surface area is 225 Å². The van der Waals surface area contributed by atoms with Gasteiger partial charge < -0.3 is 4.74 Å². The van der Waals surface area contributed by atoms with Crippen LogP contribution in [0.15, 0.2) is 86.9 Å². The van der Waals surface area contributed by atoms with Crippen LogP contribution >= 0.6 is 0 Å². The molecule has 1 N–H and O–H groups in total. The lowest BCUT2D eigenvalue weighted by molar-refractivity contribution is 0.242. The molecule has 0 radical (unpaired) electrons. The zero-order valence-corrected chi connectivity index (χ0v) is 22.4. The van der Waals surface area contributed by atoms with Gasteiger partial charge in [0.25, 0.3) is 5.56 Å². The third-order valence-corrected chi connectivity index (χ3v) is 6.50. The van der Waals surface area contributed by atoms with Gasteiger partial charge in [-0.05, 0) is 68.1 Å². The van der Waals surface area contributed by atoms with E-state index in [2.05, 4.69) is 10.1 Å². The number of H-pyrrole nitrogens is 1. The van der Waals surface area contributed by atoms with Crippen LogP contribution in [0.5, 0.6) is 5.75 Å². The van der Waals surface area contributed by atoms with Crippen LogP contribution in [0.1, 0.15) is 43.4 Å². The van der Waals surface area contributed by atoms with E-state index in [1.165, 1.54) is 0 Å². The van der Waals surface area contributed by atoms with Gasteiger partial charge >= 0.3 is 5.76 Å². The molecule has 0 bridgehead atoms. The fourth-order valence-electron chi connectivity index (χ4n) is 4.73. The number of hydrogen-bond acceptors (Lipinski definition) is 6. The zero-order valence-electron chi connectivity index (χ0n) is 22.4. The SMILES string of the molecule is CCc1nc(C)n(-c2ccc(OC(C)C)cc2)c(=O)c1Cc1ccc(-c2ccccc2-c2noc(=O)[nH]2)cc1. The van der Waals surface area contributed by atoms with Crippen LogP contribution in [0, 0.1) is 6.92 Å². The average molecular weight is 523 g/mol. The molecule has 8 nitrogen and oxygen atoms in total. The predicted molar refractivity (Wildman–Crippen MR) is 151 cm³/mol. The number of rotatable bonds is 8. The zero-order chi connectivity index (χ0) is 27.5. The lowest BCUT2D eigenvalue weighted by Crippen LogP contribution is -2.28. The second-order valence-electron chi connectivity index (χ2n) is 9.60. The summed E-state index contributed by atoms with van der Waals surface area (Å²) in [6.45, 7) is 7.83. The number of aromatic nitrogens is 4. The first-order valence-corrected chi connectivity index (χ1v) is 13.0. The van der Waals surface area contributed by atoms with E-state index >= 15 is 0 Å². The van der Waals surface area contributed by atoms with E-state index in [1.54, 1.807) is 4.57 Å². The Bertz CT molecular complexity index is 1710. The van der Waals surface area contributed by atoms with Gasteiger partial charge in [-0.15, -0.1) is 0 Å². The Morgan fingerprint density at radius 3 is 2.26 bits per heavy atom. The van der Waals surface area contributed by atoms with Crippen LogP contribution < -0.4 is 16.1 Å². The number of aryl methyl sites for hydroxylation is 2. The van der Waals surface area contributed by atoms with Gasteiger partial charge in [0.2, 0.25) is 0 Å². The molecule has 2 heterocycles. The van der Waals surface area contributed by atoms with E-state index in [4.69, 9.17) is 14.2 Å². The first-order valence-electron chi connectivity index (χ1n) is 13.0. The number of hydrogen-bond donors (Lipinski definition) is 1. The van der Waals surface area contributed by atoms with Crippen molar-refractivity contribution in [3.63, 3.8) is 0 Å². The second-order valence-corrected chi connectivity index (χ2v) is 9.60. The number of nitrogens with one attached hydrogen (secondary N) is 1. The van der Waals surface area contributed by atoms with Gasteiger partial charge in [-0.1, -0.05) is 60.6 Å². The fourth-order valence-corrected chi connectivity index (χ4v) is 4.73. The molecule has 0 fully saturated rings. The van der Waals surface area contributed by atoms with E-state index in [1.807, 2.05) is 100 Å². The van der Waals surface area contributed by atoms with Crippen LogP contribution in [0.4, 0.5) is 0 Å². The van der Waals surface area contributed by atoms with Gasteiger partial charge in [-0.3, -0.25) is 18.9 Å². The number of nitrogens with zero attached hydrogens (tertiary/aromatic N) is 3. The van der Waals surface area contributed by atoms with E-state index in [-0.39, 0.29) is 11.7 Å². The first kappa shape index (κ1) is 25.9. The fraction of sp³-hybridized carbons (Fsp3) is 0.226. The molecule has 0 saturated heterocycles. The summed E-state index contributed by atoms with van der Waals surface area (Å²) in [5.74, 6) is 1.19. The van der Waals surface area contributed by atoms with Gasteiger partial charge in [-0.25, -0.2) is 9.78 Å². The first-order chi connectivity index (χ1) is 18.8. The summed E-state index contributed by atoms with van der Waals surface area (Å²) >= 11 is 0. The van der Waals surface area contributed by atoms with Gasteiger partial charge in [0.15, 0.2) is 5.82 Å². The maximum atomic E-state index is 13.8. The highest BCUT2D eigenvalue weighted by molar-refractivity contribution is 5.80. The number of ether oxygens (including phenoxy) is 1. The molecule has 0 atom stereocenters. The van der Waals surface area contributed by atoms with Gasteiger partial charge in [0.05, 0.1) is 17.5 Å². The lowest BCUT2D eigenvalue weighted by atomic mass is 9.96. The van der Waals surface area contributed by atoms with E-state index in [0.29, 0.717) is 30.1 Å². The summed E-state index contributed by atoms with van der Waals surface area (Å²) < 4.78 is 12.1. The molecule has 5 rings (SSSR count). The summed E-state index contributed by atoms with van der Waals surface area (Å²) in [6.07, 6.45) is 1.19. The molecule has 8 heteroatoms. The minimum Gasteiger partial charge on any atom is -0.491 e. The molecule has 0 saturated carbocycles. The highest BCUT2D eigenvalue weighted by Gasteiger charge is 2.16. The Balaban J connectivity index is 1.47. The summed E-state index contributed by atoms with van der Waals surface area (Å²) in [5.41, 5.74) is 5.79. The second kappa shape index (κ2) is 10.9. The summed E-state index contributed by atoms with van der Waals surface area (Å²) in [7, 11) is 0. The molecule has 0 spiro atoms. The van der Waals surface area contributed by atoms with Crippen molar-refractivity contribution in [3.8, 4) is 34.0 Å². The number of benzene rings is 3. The molecule has 39 heavy (non-hydrogen) atoms. The predicted octanol–water partition coefficient (Wildman–Crippen LogP) is 5.49. The molecule has 3 aromatic carbocycles. The molecule has 0 aliphatic heterocycles. The van der Waals surface area contributed by atoms with Gasteiger partial charge in [0.1, 0.15) is 11.6 Å². The highest BCUT2D eigenvalue weighted by atomic mass is 16.5. The summed E-state index contributed by atoms with van der Waals surface area (Å²) in [6, 6.07) is 23.2. The Kier molecular flexibility index (Phi) is 7.27. The van der Waals surface area contributed by atoms with E-state index < -0.39 is 5.76 Å². The summed E-state index contributed by atoms with van der Waals surface area (Å²) in [4.78, 5) is 32.7. The van der Waals surface area contributed by atoms with Crippen molar-refractivity contribution in [3.05, 3.63) is 116 Å². The van der Waals surface area contributed by atoms with Crippen molar-refractivity contribution in [2.75, 3.05) is 0 Å². The smallest absolute Gasteiger partial charge is 0.439 e. The third kappa shape index (κ3) is 5.45. The Hall–Kier alpha value is -4.72. The van der Waals surface area contributed by atoms with Crippen molar-refractivity contribution in [2.24, 2.45) is 0 Å². The van der Waals surface area contributed by atoms with Crippen molar-refractivity contribution >= 4 is 0 Å². The van der Waals surface area contributed by atoms with Gasteiger partial charge in [0, 0.05) is 17.5 Å². The molecule has 0 aliphatic carbocycles. The molecule has 0 aliphatic rings. The molecular formula is C31H30N4O4. The van der Waals surface area contributed by atoms with Crippen molar-refractivity contribution in [1.82, 2.24) is 19.7 Å². The molecular weight excluding hydrogens is 492 g/mol. The molecule has 2 aromatic heterocycles. The van der Waals surface area contributed by atoms with Gasteiger partial charge in [-0.2, -0.15) is 0 Å². The maximum Gasteiger partial charge on any atom is 0.439 e. The molecule has 0 unspecified atom stereocenters. The highest BCUT2D eigenvalue weighted by Crippen LogP contribution is 2.30. The molecule has 198 valence electrons. The van der Waals surface area contributed by atoms with Crippen LogP contribution in [0.3, 0.4) is 0 Å². The topological polar surface area (TPSA) is 103 Å². The van der Waals surface area contributed by atoms with E-state index in [9.17, 15) is 9.59 Å². The average Bonchev–Trinajstić information content (AvgIpc) is 3.37. The normalized spacial score (nSPS) is 11.2. The van der Waals surface area contributed by atoms with E-state index in [0.717, 1.165) is 39.4 Å². The molecule has 0 amide bonds. The summed E-state index contributed by atoms with van der Waals surface area (Å²) in [5, 5.41) is 3.84. The van der Waals surface area contributed by atoms with Crippen LogP contribution in [-0.2, 0) is 12.8 Å². The van der Waals surface area contributed by atoms with Crippen LogP contribution in [0.25, 0.3) is 28.2 Å². The quantitative estimate of drug-likeness (QED) is 0.289. The lowest BCUT2D eigenvalue weighted by Gasteiger charge is -2.16. The Morgan fingerprint density at radius 2 is 1.64 bits per heavy atom. The van der Waals surface area contributed by atoms with Crippen molar-refractivity contribution in [2.45, 2.75) is 46.6 Å². The minimum absolute atomic E-state index is 0.0683. The third-order valence-electron chi connectivity index (χ3n) is 6.50. The minimum atomic E-state index is -0.598. The van der Waals surface area contributed by atoms with Crippen LogP contribution in [-0.4, -0.2) is 25.8 Å². The largest absolute Gasteiger partial charge is 0.491 e. The molecule has 5 aromatic rings. The van der Waals surface area contributed by atoms with Crippen molar-refractivity contribution in [1.29, 1.82) is 0 Å². The maximum absolute atomic E-state index is 13.8.